The smallest absolute Gasteiger partial charge is 0.359 e. The van der Waals surface area contributed by atoms with Crippen molar-refractivity contribution < 1.29 is 28.6 Å². The van der Waals surface area contributed by atoms with Crippen molar-refractivity contribution in [3.63, 3.8) is 0 Å². The van der Waals surface area contributed by atoms with Crippen molar-refractivity contribution in [1.29, 1.82) is 0 Å². The number of amides is 2. The molecule has 0 atom stereocenters. The van der Waals surface area contributed by atoms with E-state index < -0.39 is 5.97 Å². The third-order valence-electron chi connectivity index (χ3n) is 6.48. The normalized spacial score (nSPS) is 21.3. The minimum atomic E-state index is -0.515. The van der Waals surface area contributed by atoms with Gasteiger partial charge >= 0.3 is 5.97 Å². The van der Waals surface area contributed by atoms with Gasteiger partial charge in [-0.2, -0.15) is 5.10 Å². The Hall–Kier alpha value is -2.50. The maximum absolute atomic E-state index is 13.4. The second-order valence-electron chi connectivity index (χ2n) is 8.60. The maximum Gasteiger partial charge on any atom is 0.359 e. The predicted molar refractivity (Wildman–Crippen MR) is 117 cm³/mol. The minimum absolute atomic E-state index is 0.00411. The van der Waals surface area contributed by atoms with Crippen LogP contribution in [0, 0.1) is 6.92 Å². The lowest BCUT2D eigenvalue weighted by Crippen LogP contribution is -2.56. The predicted octanol–water partition coefficient (Wildman–Crippen LogP) is 0.688. The lowest BCUT2D eigenvalue weighted by atomic mass is 10.0. The number of nitrogens with one attached hydrogen (secondary N) is 1. The molecule has 1 aromatic heterocycles. The number of carbonyl (C=O) groups is 3. The molecule has 1 aromatic rings. The SMILES string of the molecule is CCOC(=O)c1nn(C2CCOCC2)c(C(=O)NC2CCN(N3CCOCC3=O)CC2)c1C. The fraction of sp³-hybridized carbons (Fsp3) is 0.727. The fourth-order valence-corrected chi connectivity index (χ4v) is 4.69. The van der Waals surface area contributed by atoms with Crippen LogP contribution in [0.15, 0.2) is 0 Å². The summed E-state index contributed by atoms with van der Waals surface area (Å²) < 4.78 is 17.5. The Morgan fingerprint density at radius 2 is 1.82 bits per heavy atom. The Bertz CT molecular complexity index is 873. The topological polar surface area (TPSA) is 115 Å². The van der Waals surface area contributed by atoms with Gasteiger partial charge in [-0.1, -0.05) is 0 Å². The number of carbonyl (C=O) groups excluding carboxylic acids is 3. The number of nitrogens with zero attached hydrogens (tertiary/aromatic N) is 4. The summed E-state index contributed by atoms with van der Waals surface area (Å²) in [5.74, 6) is -0.771. The van der Waals surface area contributed by atoms with Crippen LogP contribution in [0.4, 0.5) is 0 Å². The van der Waals surface area contributed by atoms with E-state index in [0.29, 0.717) is 50.7 Å². The zero-order valence-electron chi connectivity index (χ0n) is 19.4. The van der Waals surface area contributed by atoms with E-state index in [2.05, 4.69) is 10.4 Å². The monoisotopic (exact) mass is 463 g/mol. The van der Waals surface area contributed by atoms with Gasteiger partial charge in [0.1, 0.15) is 12.3 Å². The molecule has 11 nitrogen and oxygen atoms in total. The van der Waals surface area contributed by atoms with Crippen molar-refractivity contribution >= 4 is 17.8 Å². The summed E-state index contributed by atoms with van der Waals surface area (Å²) in [6.45, 7) is 7.52. The number of hydrogen-bond acceptors (Lipinski definition) is 8. The van der Waals surface area contributed by atoms with Gasteiger partial charge in [-0.25, -0.2) is 9.80 Å². The molecule has 0 bridgehead atoms. The molecule has 0 aliphatic carbocycles. The van der Waals surface area contributed by atoms with Gasteiger partial charge in [0, 0.05) is 37.9 Å². The molecule has 3 saturated heterocycles. The number of piperidine rings is 1. The van der Waals surface area contributed by atoms with Crippen LogP contribution < -0.4 is 5.32 Å². The lowest BCUT2D eigenvalue weighted by molar-refractivity contribution is -0.167. The molecule has 0 spiro atoms. The van der Waals surface area contributed by atoms with Gasteiger partial charge in [-0.15, -0.1) is 0 Å². The third kappa shape index (κ3) is 5.20. The summed E-state index contributed by atoms with van der Waals surface area (Å²) in [5.41, 5.74) is 1.14. The van der Waals surface area contributed by atoms with Gasteiger partial charge in [0.15, 0.2) is 5.69 Å². The number of hydrazine groups is 1. The first-order valence-electron chi connectivity index (χ1n) is 11.8. The summed E-state index contributed by atoms with van der Waals surface area (Å²) >= 11 is 0. The Morgan fingerprint density at radius 1 is 1.09 bits per heavy atom. The van der Waals surface area contributed by atoms with Crippen molar-refractivity contribution in [3.05, 3.63) is 17.0 Å². The van der Waals surface area contributed by atoms with E-state index in [4.69, 9.17) is 14.2 Å². The number of esters is 1. The molecule has 2 amide bonds. The van der Waals surface area contributed by atoms with Crippen LogP contribution in [-0.4, -0.2) is 96.3 Å². The highest BCUT2D eigenvalue weighted by Gasteiger charge is 2.33. The van der Waals surface area contributed by atoms with E-state index >= 15 is 0 Å². The van der Waals surface area contributed by atoms with E-state index in [-0.39, 0.29) is 42.8 Å². The first-order chi connectivity index (χ1) is 16.0. The number of rotatable bonds is 6. The summed E-state index contributed by atoms with van der Waals surface area (Å²) in [4.78, 5) is 37.9. The maximum atomic E-state index is 13.4. The number of aromatic nitrogens is 2. The van der Waals surface area contributed by atoms with Gasteiger partial charge in [0.25, 0.3) is 11.8 Å². The van der Waals surface area contributed by atoms with E-state index in [1.165, 1.54) is 0 Å². The molecule has 0 unspecified atom stereocenters. The second kappa shape index (κ2) is 10.6. The number of ether oxygens (including phenoxy) is 3. The Labute approximate surface area is 193 Å². The van der Waals surface area contributed by atoms with Gasteiger partial charge in [0.05, 0.1) is 25.8 Å². The van der Waals surface area contributed by atoms with E-state index in [1.807, 2.05) is 5.01 Å². The fourth-order valence-electron chi connectivity index (χ4n) is 4.69. The van der Waals surface area contributed by atoms with Crippen molar-refractivity contribution in [2.24, 2.45) is 0 Å². The molecule has 0 radical (unpaired) electrons. The van der Waals surface area contributed by atoms with Crippen molar-refractivity contribution in [1.82, 2.24) is 25.1 Å². The van der Waals surface area contributed by atoms with E-state index in [0.717, 1.165) is 25.7 Å². The Morgan fingerprint density at radius 3 is 2.48 bits per heavy atom. The van der Waals surface area contributed by atoms with Crippen LogP contribution in [0.3, 0.4) is 0 Å². The quantitative estimate of drug-likeness (QED) is 0.613. The molecular weight excluding hydrogens is 430 g/mol. The first-order valence-corrected chi connectivity index (χ1v) is 11.8. The lowest BCUT2D eigenvalue weighted by Gasteiger charge is -2.41. The molecule has 4 heterocycles. The van der Waals surface area contributed by atoms with Crippen molar-refractivity contribution in [2.75, 3.05) is 52.7 Å². The summed E-state index contributed by atoms with van der Waals surface area (Å²) in [7, 11) is 0. The highest BCUT2D eigenvalue weighted by molar-refractivity contribution is 5.98. The summed E-state index contributed by atoms with van der Waals surface area (Å²) in [6.07, 6.45) is 2.92. The van der Waals surface area contributed by atoms with Crippen molar-refractivity contribution in [3.8, 4) is 0 Å². The number of hydrogen-bond donors (Lipinski definition) is 1. The molecule has 11 heteroatoms. The zero-order chi connectivity index (χ0) is 23.4. The van der Waals surface area contributed by atoms with Crippen LogP contribution >= 0.6 is 0 Å². The summed E-state index contributed by atoms with van der Waals surface area (Å²) in [5, 5.41) is 11.5. The van der Waals surface area contributed by atoms with E-state index in [9.17, 15) is 14.4 Å². The molecule has 0 aromatic carbocycles. The van der Waals surface area contributed by atoms with Gasteiger partial charge in [-0.05, 0) is 39.5 Å². The second-order valence-corrected chi connectivity index (χ2v) is 8.60. The van der Waals surface area contributed by atoms with Crippen LogP contribution in [0.1, 0.15) is 65.2 Å². The van der Waals surface area contributed by atoms with Crippen LogP contribution in [-0.2, 0) is 19.0 Å². The Kier molecular flexibility index (Phi) is 7.61. The molecule has 4 rings (SSSR count). The highest BCUT2D eigenvalue weighted by atomic mass is 16.5. The minimum Gasteiger partial charge on any atom is -0.461 e. The van der Waals surface area contributed by atoms with Crippen LogP contribution in [0.2, 0.25) is 0 Å². The van der Waals surface area contributed by atoms with Crippen molar-refractivity contribution in [2.45, 2.75) is 51.6 Å². The molecule has 182 valence electrons. The molecular formula is C22H33N5O6. The largest absolute Gasteiger partial charge is 0.461 e. The average Bonchev–Trinajstić information content (AvgIpc) is 3.18. The average molecular weight is 464 g/mol. The van der Waals surface area contributed by atoms with E-state index in [1.54, 1.807) is 23.5 Å². The molecule has 33 heavy (non-hydrogen) atoms. The zero-order valence-corrected chi connectivity index (χ0v) is 19.4. The third-order valence-corrected chi connectivity index (χ3v) is 6.48. The molecule has 3 fully saturated rings. The van der Waals surface area contributed by atoms with Crippen LogP contribution in [0.25, 0.3) is 0 Å². The molecule has 0 saturated carbocycles. The highest BCUT2D eigenvalue weighted by Crippen LogP contribution is 2.26. The van der Waals surface area contributed by atoms with Crippen LogP contribution in [0.5, 0.6) is 0 Å². The molecule has 3 aliphatic heterocycles. The molecule has 1 N–H and O–H groups in total. The first kappa shape index (κ1) is 23.7. The Balaban J connectivity index is 1.46. The number of morpholine rings is 1. The molecule has 3 aliphatic rings. The van der Waals surface area contributed by atoms with Gasteiger partial charge in [-0.3, -0.25) is 19.3 Å². The van der Waals surface area contributed by atoms with Gasteiger partial charge < -0.3 is 19.5 Å². The summed E-state index contributed by atoms with van der Waals surface area (Å²) in [6, 6.07) is -0.0241. The van der Waals surface area contributed by atoms with Gasteiger partial charge in [0.2, 0.25) is 0 Å². The standard InChI is InChI=1S/C22H33N5O6/c1-3-33-22(30)19-15(2)20(27(24-19)17-6-11-31-12-7-17)21(29)23-16-4-8-25(9-5-16)26-10-13-32-14-18(26)28/h16-17H,3-14H2,1-2H3,(H,23,29).